The first kappa shape index (κ1) is 18.0. The van der Waals surface area contributed by atoms with Crippen molar-refractivity contribution in [2.45, 2.75) is 51.0 Å². The van der Waals surface area contributed by atoms with Gasteiger partial charge in [0.05, 0.1) is 5.56 Å². The van der Waals surface area contributed by atoms with Crippen LogP contribution in [0.25, 0.3) is 0 Å². The summed E-state index contributed by atoms with van der Waals surface area (Å²) >= 11 is 0. The molecule has 4 saturated carbocycles. The quantitative estimate of drug-likeness (QED) is 0.712. The summed E-state index contributed by atoms with van der Waals surface area (Å²) in [4.78, 5) is 36.1. The molecular formula is C21H26N2O4. The van der Waals surface area contributed by atoms with Crippen LogP contribution >= 0.6 is 0 Å². The molecule has 0 unspecified atom stereocenters. The Balaban J connectivity index is 1.46. The SMILES string of the molecule is NC(=O)[C@@H](Cc1ccc(C(=O)O)cc1)NC(=O)C12CC3CC(CC(C3)C1)C2. The van der Waals surface area contributed by atoms with Crippen molar-refractivity contribution in [3.05, 3.63) is 35.4 Å². The fourth-order valence-electron chi connectivity index (χ4n) is 5.94. The Morgan fingerprint density at radius 1 is 1.04 bits per heavy atom. The van der Waals surface area contributed by atoms with E-state index in [9.17, 15) is 14.4 Å². The highest BCUT2D eigenvalue weighted by Gasteiger charge is 2.54. The molecule has 4 aliphatic rings. The van der Waals surface area contributed by atoms with Gasteiger partial charge in [0.2, 0.25) is 11.8 Å². The highest BCUT2D eigenvalue weighted by Crippen LogP contribution is 2.60. The van der Waals surface area contributed by atoms with Gasteiger partial charge in [0.1, 0.15) is 6.04 Å². The maximum atomic E-state index is 13.1. The summed E-state index contributed by atoms with van der Waals surface area (Å²) in [5.74, 6) is 0.374. The minimum atomic E-state index is -0.997. The highest BCUT2D eigenvalue weighted by molar-refractivity contribution is 5.90. The first-order valence-electron chi connectivity index (χ1n) is 9.77. The molecule has 4 fully saturated rings. The van der Waals surface area contributed by atoms with Gasteiger partial charge in [-0.2, -0.15) is 0 Å². The molecule has 4 bridgehead atoms. The molecule has 4 N–H and O–H groups in total. The van der Waals surface area contributed by atoms with Gasteiger partial charge in [0.15, 0.2) is 0 Å². The van der Waals surface area contributed by atoms with Gasteiger partial charge in [-0.25, -0.2) is 4.79 Å². The number of amides is 2. The van der Waals surface area contributed by atoms with Crippen molar-refractivity contribution in [2.75, 3.05) is 0 Å². The molecule has 5 rings (SSSR count). The fourth-order valence-corrected chi connectivity index (χ4v) is 5.94. The lowest BCUT2D eigenvalue weighted by Crippen LogP contribution is -2.57. The van der Waals surface area contributed by atoms with E-state index in [0.717, 1.165) is 24.8 Å². The van der Waals surface area contributed by atoms with Crippen molar-refractivity contribution < 1.29 is 19.5 Å². The molecule has 0 radical (unpaired) electrons. The molecule has 1 atom stereocenters. The van der Waals surface area contributed by atoms with Gasteiger partial charge in [-0.05, 0) is 74.0 Å². The molecule has 1 aromatic carbocycles. The molecule has 0 aliphatic heterocycles. The first-order chi connectivity index (χ1) is 12.8. The van der Waals surface area contributed by atoms with Crippen molar-refractivity contribution in [1.29, 1.82) is 0 Å². The zero-order valence-electron chi connectivity index (χ0n) is 15.3. The number of hydrogen-bond acceptors (Lipinski definition) is 3. The predicted octanol–water partition coefficient (Wildman–Crippen LogP) is 2.11. The molecule has 27 heavy (non-hydrogen) atoms. The van der Waals surface area contributed by atoms with E-state index < -0.39 is 17.9 Å². The zero-order chi connectivity index (χ0) is 19.2. The number of primary amides is 1. The summed E-state index contributed by atoms with van der Waals surface area (Å²) in [6.07, 6.45) is 6.83. The van der Waals surface area contributed by atoms with Crippen molar-refractivity contribution in [2.24, 2.45) is 28.9 Å². The van der Waals surface area contributed by atoms with Crippen LogP contribution in [-0.2, 0) is 16.0 Å². The fraction of sp³-hybridized carbons (Fsp3) is 0.571. The van der Waals surface area contributed by atoms with E-state index in [-0.39, 0.29) is 23.3 Å². The predicted molar refractivity (Wildman–Crippen MR) is 98.8 cm³/mol. The lowest BCUT2D eigenvalue weighted by Gasteiger charge is -2.55. The monoisotopic (exact) mass is 370 g/mol. The van der Waals surface area contributed by atoms with Gasteiger partial charge < -0.3 is 16.2 Å². The average molecular weight is 370 g/mol. The number of carboxylic acids is 1. The molecule has 2 amide bonds. The second kappa shape index (κ2) is 6.66. The van der Waals surface area contributed by atoms with E-state index in [1.807, 2.05) is 0 Å². The van der Waals surface area contributed by atoms with Crippen LogP contribution in [0.3, 0.4) is 0 Å². The second-order valence-electron chi connectivity index (χ2n) is 8.83. The van der Waals surface area contributed by atoms with E-state index in [4.69, 9.17) is 10.8 Å². The van der Waals surface area contributed by atoms with E-state index >= 15 is 0 Å². The normalized spacial score (nSPS) is 32.1. The number of carbonyl (C=O) groups excluding carboxylic acids is 2. The third-order valence-corrected chi connectivity index (χ3v) is 6.81. The van der Waals surface area contributed by atoms with Crippen molar-refractivity contribution in [3.8, 4) is 0 Å². The molecular weight excluding hydrogens is 344 g/mol. The Labute approximate surface area is 158 Å². The summed E-state index contributed by atoms with van der Waals surface area (Å²) < 4.78 is 0. The van der Waals surface area contributed by atoms with E-state index in [1.54, 1.807) is 12.1 Å². The Hall–Kier alpha value is -2.37. The molecule has 144 valence electrons. The van der Waals surface area contributed by atoms with Crippen LogP contribution in [0.2, 0.25) is 0 Å². The summed E-state index contributed by atoms with van der Waals surface area (Å²) in [5.41, 5.74) is 6.19. The topological polar surface area (TPSA) is 109 Å². The average Bonchev–Trinajstić information content (AvgIpc) is 2.60. The van der Waals surface area contributed by atoms with Crippen LogP contribution in [0.15, 0.2) is 24.3 Å². The minimum Gasteiger partial charge on any atom is -0.478 e. The lowest BCUT2D eigenvalue weighted by atomic mass is 9.49. The Morgan fingerprint density at radius 2 is 1.56 bits per heavy atom. The van der Waals surface area contributed by atoms with Gasteiger partial charge >= 0.3 is 5.97 Å². The molecule has 4 aliphatic carbocycles. The van der Waals surface area contributed by atoms with E-state index in [0.29, 0.717) is 17.8 Å². The van der Waals surface area contributed by atoms with Crippen LogP contribution in [0.4, 0.5) is 0 Å². The van der Waals surface area contributed by atoms with E-state index in [1.165, 1.54) is 31.4 Å². The summed E-state index contributed by atoms with van der Waals surface area (Å²) in [7, 11) is 0. The number of hydrogen-bond donors (Lipinski definition) is 3. The molecule has 0 spiro atoms. The van der Waals surface area contributed by atoms with Crippen LogP contribution in [0, 0.1) is 23.2 Å². The first-order valence-corrected chi connectivity index (χ1v) is 9.77. The zero-order valence-corrected chi connectivity index (χ0v) is 15.3. The van der Waals surface area contributed by atoms with Crippen molar-refractivity contribution >= 4 is 17.8 Å². The number of benzene rings is 1. The van der Waals surface area contributed by atoms with Gasteiger partial charge in [0.25, 0.3) is 0 Å². The molecule has 6 heteroatoms. The third kappa shape index (κ3) is 3.45. The van der Waals surface area contributed by atoms with Gasteiger partial charge in [-0.15, -0.1) is 0 Å². The number of nitrogens with two attached hydrogens (primary N) is 1. The van der Waals surface area contributed by atoms with Crippen molar-refractivity contribution in [3.63, 3.8) is 0 Å². The number of aromatic carboxylic acids is 1. The van der Waals surface area contributed by atoms with Gasteiger partial charge in [0, 0.05) is 11.8 Å². The van der Waals surface area contributed by atoms with Crippen molar-refractivity contribution in [1.82, 2.24) is 5.32 Å². The van der Waals surface area contributed by atoms with Crippen LogP contribution in [0.1, 0.15) is 54.4 Å². The maximum absolute atomic E-state index is 13.1. The van der Waals surface area contributed by atoms with E-state index in [2.05, 4.69) is 5.32 Å². The standard InChI is InChI=1S/C21H26N2O4/c22-18(24)17(8-12-1-3-16(4-2-12)19(25)26)23-20(27)21-9-13-5-14(10-21)7-15(6-13)11-21/h1-4,13-15,17H,5-11H2,(H2,22,24)(H,23,27)(H,25,26)/t13?,14?,15?,17-,21?/m1/s1. The van der Waals surface area contributed by atoms with Crippen LogP contribution in [-0.4, -0.2) is 28.9 Å². The molecule has 0 heterocycles. The summed E-state index contributed by atoms with van der Waals surface area (Å²) in [6.45, 7) is 0. The third-order valence-electron chi connectivity index (χ3n) is 6.81. The number of nitrogens with one attached hydrogen (secondary N) is 1. The van der Waals surface area contributed by atoms with Crippen LogP contribution < -0.4 is 11.1 Å². The minimum absolute atomic E-state index is 0.0208. The number of rotatable bonds is 6. The maximum Gasteiger partial charge on any atom is 0.335 e. The summed E-state index contributed by atoms with van der Waals surface area (Å²) in [6, 6.07) is 5.54. The second-order valence-corrected chi connectivity index (χ2v) is 8.83. The number of carbonyl (C=O) groups is 3. The highest BCUT2D eigenvalue weighted by atomic mass is 16.4. The van der Waals surface area contributed by atoms with Gasteiger partial charge in [-0.1, -0.05) is 12.1 Å². The molecule has 1 aromatic rings. The van der Waals surface area contributed by atoms with Gasteiger partial charge in [-0.3, -0.25) is 9.59 Å². The number of carboxylic acid groups (broad SMARTS) is 1. The largest absolute Gasteiger partial charge is 0.478 e. The Bertz CT molecular complexity index is 736. The molecule has 6 nitrogen and oxygen atoms in total. The smallest absolute Gasteiger partial charge is 0.335 e. The Morgan fingerprint density at radius 3 is 2.00 bits per heavy atom. The molecule has 0 aromatic heterocycles. The summed E-state index contributed by atoms with van der Waals surface area (Å²) in [5, 5.41) is 11.9. The lowest BCUT2D eigenvalue weighted by molar-refractivity contribution is -0.148. The van der Waals surface area contributed by atoms with Crippen LogP contribution in [0.5, 0.6) is 0 Å². The molecule has 0 saturated heterocycles. The Kier molecular flexibility index (Phi) is 4.44.